The summed E-state index contributed by atoms with van der Waals surface area (Å²) >= 11 is 12.7. The van der Waals surface area contributed by atoms with Crippen LogP contribution in [0.4, 0.5) is 11.4 Å². The maximum Gasteiger partial charge on any atom is 0.245 e. The third kappa shape index (κ3) is 9.23. The number of thiol groups is 1. The second kappa shape index (κ2) is 11.4. The monoisotopic (exact) mass is 545 g/mol. The summed E-state index contributed by atoms with van der Waals surface area (Å²) < 4.78 is 23.4. The molecule has 0 aromatic heterocycles. The van der Waals surface area contributed by atoms with Crippen molar-refractivity contribution in [2.24, 2.45) is 5.14 Å². The third-order valence-electron chi connectivity index (χ3n) is 3.69. The summed E-state index contributed by atoms with van der Waals surface area (Å²) in [6.45, 7) is 0. The molecule has 0 radical (unpaired) electrons. The van der Waals surface area contributed by atoms with Crippen molar-refractivity contribution in [2.75, 3.05) is 10.6 Å². The van der Waals surface area contributed by atoms with E-state index in [-0.39, 0.29) is 28.6 Å². The van der Waals surface area contributed by atoms with Crippen molar-refractivity contribution in [3.05, 3.63) is 53.0 Å². The largest absolute Gasteiger partial charge is 0.373 e. The van der Waals surface area contributed by atoms with Gasteiger partial charge in [0, 0.05) is 22.3 Å². The van der Waals surface area contributed by atoms with Crippen LogP contribution in [-0.4, -0.2) is 30.6 Å². The first-order chi connectivity index (χ1) is 14.5. The van der Waals surface area contributed by atoms with Crippen LogP contribution in [0.25, 0.3) is 0 Å². The number of hydrazine groups is 1. The molecule has 2 aromatic rings. The Labute approximate surface area is 199 Å². The number of benzene rings is 2. The molecule has 0 saturated heterocycles. The molecule has 166 valence electrons. The highest BCUT2D eigenvalue weighted by Gasteiger charge is 2.15. The Bertz CT molecular complexity index is 1060. The van der Waals surface area contributed by atoms with Crippen molar-refractivity contribution in [2.45, 2.75) is 23.1 Å². The van der Waals surface area contributed by atoms with Crippen LogP contribution in [0.2, 0.25) is 0 Å². The van der Waals surface area contributed by atoms with Crippen LogP contribution in [-0.2, 0) is 19.6 Å². The minimum atomic E-state index is -3.78. The van der Waals surface area contributed by atoms with Crippen LogP contribution in [0.1, 0.15) is 12.8 Å². The normalized spacial score (nSPS) is 11.8. The van der Waals surface area contributed by atoms with E-state index in [0.717, 1.165) is 10.2 Å². The third-order valence-corrected chi connectivity index (χ3v) is 5.63. The number of carbonyl (C=O) groups excluding carboxylic acids is 2. The van der Waals surface area contributed by atoms with Crippen molar-refractivity contribution in [3.63, 3.8) is 0 Å². The number of Topliss-reactive ketones (excluding diaryl/α,β-unsaturated/α-hetero) is 1. The van der Waals surface area contributed by atoms with E-state index in [2.05, 4.69) is 50.0 Å². The summed E-state index contributed by atoms with van der Waals surface area (Å²) in [5.74, 6) is -0.903. The smallest absolute Gasteiger partial charge is 0.245 e. The van der Waals surface area contributed by atoms with Crippen LogP contribution in [0.5, 0.6) is 0 Å². The molecule has 31 heavy (non-hydrogen) atoms. The van der Waals surface area contributed by atoms with Gasteiger partial charge < -0.3 is 10.6 Å². The lowest BCUT2D eigenvalue weighted by Gasteiger charge is -2.14. The highest BCUT2D eigenvalue weighted by molar-refractivity contribution is 9.10. The molecule has 1 atom stereocenters. The number of nitrogens with two attached hydrogens (primary N) is 1. The van der Waals surface area contributed by atoms with E-state index in [0.29, 0.717) is 5.69 Å². The lowest BCUT2D eigenvalue weighted by atomic mass is 10.2. The summed E-state index contributed by atoms with van der Waals surface area (Å²) in [5, 5.41) is 10.4. The van der Waals surface area contributed by atoms with Gasteiger partial charge in [0.25, 0.3) is 0 Å². The highest BCUT2D eigenvalue weighted by atomic mass is 79.9. The fourth-order valence-electron chi connectivity index (χ4n) is 2.35. The average molecular weight is 546 g/mol. The second-order valence-electron chi connectivity index (χ2n) is 6.29. The van der Waals surface area contributed by atoms with Gasteiger partial charge in [-0.05, 0) is 54.7 Å². The fourth-order valence-corrected chi connectivity index (χ4v) is 3.79. The SMILES string of the molecule is NS(=O)(=O)c1ccc(NC(S)CC(=O)CC(=O)NNC(=S)Nc2cccc(Br)c2)cc1. The lowest BCUT2D eigenvalue weighted by molar-refractivity contribution is -0.128. The number of nitrogens with one attached hydrogen (secondary N) is 4. The maximum atomic E-state index is 12.1. The van der Waals surface area contributed by atoms with Crippen molar-refractivity contribution in [1.82, 2.24) is 10.9 Å². The molecule has 9 nitrogen and oxygen atoms in total. The zero-order valence-electron chi connectivity index (χ0n) is 16.0. The molecule has 13 heteroatoms. The number of sulfonamides is 1. The number of thiocarbonyl (C=S) groups is 1. The predicted octanol–water partition coefficient (Wildman–Crippen LogP) is 2.13. The van der Waals surface area contributed by atoms with Crippen LogP contribution in [0, 0.1) is 0 Å². The molecule has 6 N–H and O–H groups in total. The van der Waals surface area contributed by atoms with E-state index in [4.69, 9.17) is 17.4 Å². The number of primary sulfonamides is 1. The molecule has 0 saturated carbocycles. The Morgan fingerprint density at radius 1 is 1.10 bits per heavy atom. The summed E-state index contributed by atoms with van der Waals surface area (Å²) in [4.78, 5) is 24.0. The van der Waals surface area contributed by atoms with Gasteiger partial charge in [0.2, 0.25) is 15.9 Å². The first-order valence-corrected chi connectivity index (χ1v) is 12.0. The first-order valence-electron chi connectivity index (χ1n) is 8.73. The van der Waals surface area contributed by atoms with E-state index in [9.17, 15) is 18.0 Å². The number of halogens is 1. The maximum absolute atomic E-state index is 12.1. The first kappa shape index (κ1) is 25.1. The van der Waals surface area contributed by atoms with Crippen molar-refractivity contribution >= 4 is 79.0 Å². The number of hydrogen-bond acceptors (Lipinski definition) is 7. The number of rotatable bonds is 8. The van der Waals surface area contributed by atoms with Gasteiger partial charge in [-0.1, -0.05) is 22.0 Å². The van der Waals surface area contributed by atoms with Crippen LogP contribution >= 0.6 is 40.8 Å². The molecule has 0 spiro atoms. The van der Waals surface area contributed by atoms with Crippen LogP contribution in [0.15, 0.2) is 57.9 Å². The van der Waals surface area contributed by atoms with Gasteiger partial charge >= 0.3 is 0 Å². The number of amides is 1. The molecule has 0 aliphatic rings. The molecule has 1 amide bonds. The topological polar surface area (TPSA) is 142 Å². The Balaban J connectivity index is 1.73. The van der Waals surface area contributed by atoms with Crippen molar-refractivity contribution in [3.8, 4) is 0 Å². The molecule has 0 heterocycles. The molecule has 2 aromatic carbocycles. The van der Waals surface area contributed by atoms with Gasteiger partial charge in [-0.25, -0.2) is 13.6 Å². The van der Waals surface area contributed by atoms with Gasteiger partial charge in [0.1, 0.15) is 5.78 Å². The molecule has 0 aliphatic carbocycles. The van der Waals surface area contributed by atoms with Gasteiger partial charge in [-0.15, -0.1) is 0 Å². The molecule has 0 bridgehead atoms. The van der Waals surface area contributed by atoms with E-state index in [1.54, 1.807) is 6.07 Å². The predicted molar refractivity (Wildman–Crippen MR) is 130 cm³/mol. The molecular formula is C18H20BrN5O4S3. The fraction of sp³-hybridized carbons (Fsp3) is 0.167. The number of carbonyl (C=O) groups is 2. The standard InChI is InChI=1S/C18H20BrN5O4S3/c19-11-2-1-3-13(8-11)22-18(30)24-23-16(26)9-14(25)10-17(29)21-12-4-6-15(7-5-12)31(20,27)28/h1-8,17,21,29H,9-10H2,(H,23,26)(H2,20,27,28)(H2,22,24,30). The highest BCUT2D eigenvalue weighted by Crippen LogP contribution is 2.16. The molecule has 1 unspecified atom stereocenters. The summed E-state index contributed by atoms with van der Waals surface area (Å²) in [6, 6.07) is 13.0. The zero-order valence-corrected chi connectivity index (χ0v) is 20.1. The molecule has 2 rings (SSSR count). The van der Waals surface area contributed by atoms with Crippen molar-refractivity contribution < 1.29 is 18.0 Å². The van der Waals surface area contributed by atoms with E-state index in [1.807, 2.05) is 18.2 Å². The Morgan fingerprint density at radius 3 is 2.39 bits per heavy atom. The lowest BCUT2D eigenvalue weighted by Crippen LogP contribution is -2.44. The number of hydrogen-bond donors (Lipinski definition) is 6. The van der Waals surface area contributed by atoms with E-state index >= 15 is 0 Å². The molecule has 0 fully saturated rings. The number of ketones is 1. The second-order valence-corrected chi connectivity index (χ2v) is 9.80. The minimum Gasteiger partial charge on any atom is -0.373 e. The van der Waals surface area contributed by atoms with Gasteiger partial charge in [-0.3, -0.25) is 20.4 Å². The minimum absolute atomic E-state index is 0.0266. The van der Waals surface area contributed by atoms with Gasteiger partial charge in [-0.2, -0.15) is 12.6 Å². The van der Waals surface area contributed by atoms with Gasteiger partial charge in [0.15, 0.2) is 5.11 Å². The molecular weight excluding hydrogens is 526 g/mol. The van der Waals surface area contributed by atoms with E-state index < -0.39 is 21.3 Å². The average Bonchev–Trinajstić information content (AvgIpc) is 2.66. The van der Waals surface area contributed by atoms with Crippen LogP contribution in [0.3, 0.4) is 0 Å². The van der Waals surface area contributed by atoms with E-state index in [1.165, 1.54) is 24.3 Å². The summed E-state index contributed by atoms with van der Waals surface area (Å²) in [6.07, 6.45) is -0.399. The Kier molecular flexibility index (Phi) is 9.25. The van der Waals surface area contributed by atoms with Crippen LogP contribution < -0.4 is 26.6 Å². The summed E-state index contributed by atoms with van der Waals surface area (Å²) in [5.41, 5.74) is 6.15. The Morgan fingerprint density at radius 2 is 1.77 bits per heavy atom. The quantitative estimate of drug-likeness (QED) is 0.0973. The zero-order chi connectivity index (χ0) is 23.0. The Hall–Kier alpha value is -2.19. The van der Waals surface area contributed by atoms with Gasteiger partial charge in [0.05, 0.1) is 16.7 Å². The van der Waals surface area contributed by atoms with Crippen molar-refractivity contribution in [1.29, 1.82) is 0 Å². The summed E-state index contributed by atoms with van der Waals surface area (Å²) in [7, 11) is -3.78. The molecule has 0 aliphatic heterocycles. The number of anilines is 2.